The molecule has 0 N–H and O–H groups in total. The topological polar surface area (TPSA) is 78.7 Å². The summed E-state index contributed by atoms with van der Waals surface area (Å²) in [6.45, 7) is 0. The lowest BCUT2D eigenvalue weighted by molar-refractivity contribution is -0.119. The predicted molar refractivity (Wildman–Crippen MR) is 49.2 cm³/mol. The highest BCUT2D eigenvalue weighted by Gasteiger charge is 2.43. The third-order valence-corrected chi connectivity index (χ3v) is 2.36. The van der Waals surface area contributed by atoms with Crippen LogP contribution in [0.4, 0.5) is 0 Å². The number of pyridine rings is 1. The fraction of sp³-hybridized carbons (Fsp3) is 0.333. The number of hydrogen-bond donors (Lipinski definition) is 0. The molecular weight excluding hydrogens is 180 g/mol. The Morgan fingerprint density at radius 2 is 2.57 bits per heavy atom. The maximum atomic E-state index is 11.1. The summed E-state index contributed by atoms with van der Waals surface area (Å²) >= 11 is 0. The Labute approximate surface area is 80.4 Å². The van der Waals surface area contributed by atoms with Crippen molar-refractivity contribution in [1.82, 2.24) is 4.98 Å². The van der Waals surface area contributed by atoms with Crippen molar-refractivity contribution in [3.05, 3.63) is 40.5 Å². The minimum atomic E-state index is -0.360. The number of rotatable bonds is 2. The van der Waals surface area contributed by atoms with Crippen LogP contribution in [0.1, 0.15) is 17.9 Å². The van der Waals surface area contributed by atoms with Gasteiger partial charge in [0.15, 0.2) is 0 Å². The van der Waals surface area contributed by atoms with Gasteiger partial charge in [-0.2, -0.15) is 0 Å². The average molecular weight is 188 g/mol. The molecule has 0 radical (unpaired) electrons. The van der Waals surface area contributed by atoms with Gasteiger partial charge in [0.2, 0.25) is 5.91 Å². The fourth-order valence-electron chi connectivity index (χ4n) is 1.55. The second-order valence-electron chi connectivity index (χ2n) is 3.26. The SMILES string of the molecule is [N-]=[N+]=NC(=O)[C@@H]1C[C@H]1c1cccnc1. The molecule has 1 amide bonds. The molecule has 1 heterocycles. The van der Waals surface area contributed by atoms with Crippen LogP contribution in [0.15, 0.2) is 29.6 Å². The largest absolute Gasteiger partial charge is 0.292 e. The first-order valence-corrected chi connectivity index (χ1v) is 4.32. The normalized spacial score (nSPS) is 23.7. The molecular formula is C9H8N4O. The van der Waals surface area contributed by atoms with E-state index in [2.05, 4.69) is 15.0 Å². The van der Waals surface area contributed by atoms with Crippen LogP contribution in [0.25, 0.3) is 10.4 Å². The van der Waals surface area contributed by atoms with Crippen molar-refractivity contribution in [2.75, 3.05) is 0 Å². The smallest absolute Gasteiger partial charge is 0.222 e. The van der Waals surface area contributed by atoms with E-state index in [4.69, 9.17) is 5.53 Å². The zero-order valence-electron chi connectivity index (χ0n) is 7.37. The maximum Gasteiger partial charge on any atom is 0.222 e. The van der Waals surface area contributed by atoms with Crippen molar-refractivity contribution < 1.29 is 4.79 Å². The van der Waals surface area contributed by atoms with Gasteiger partial charge in [0.25, 0.3) is 0 Å². The monoisotopic (exact) mass is 188 g/mol. The molecule has 1 aromatic heterocycles. The highest BCUT2D eigenvalue weighted by atomic mass is 16.2. The number of aromatic nitrogens is 1. The molecule has 0 unspecified atom stereocenters. The molecule has 0 saturated heterocycles. The predicted octanol–water partition coefficient (Wildman–Crippen LogP) is 2.02. The van der Waals surface area contributed by atoms with Gasteiger partial charge in [-0.25, -0.2) is 0 Å². The van der Waals surface area contributed by atoms with Crippen molar-refractivity contribution in [3.8, 4) is 0 Å². The molecule has 1 aromatic rings. The van der Waals surface area contributed by atoms with Gasteiger partial charge in [-0.15, -0.1) is 0 Å². The molecule has 1 fully saturated rings. The Morgan fingerprint density at radius 3 is 3.21 bits per heavy atom. The van der Waals surface area contributed by atoms with Crippen LogP contribution >= 0.6 is 0 Å². The van der Waals surface area contributed by atoms with Gasteiger partial charge in [-0.1, -0.05) is 6.07 Å². The van der Waals surface area contributed by atoms with Gasteiger partial charge in [0.1, 0.15) is 0 Å². The Kier molecular flexibility index (Phi) is 2.16. The van der Waals surface area contributed by atoms with E-state index in [9.17, 15) is 4.79 Å². The summed E-state index contributed by atoms with van der Waals surface area (Å²) in [7, 11) is 0. The van der Waals surface area contributed by atoms with E-state index in [1.54, 1.807) is 12.4 Å². The maximum absolute atomic E-state index is 11.1. The minimum Gasteiger partial charge on any atom is -0.292 e. The molecule has 1 aliphatic rings. The molecule has 0 bridgehead atoms. The van der Waals surface area contributed by atoms with Crippen molar-refractivity contribution in [3.63, 3.8) is 0 Å². The summed E-state index contributed by atoms with van der Waals surface area (Å²) in [5.41, 5.74) is 9.14. The van der Waals surface area contributed by atoms with Gasteiger partial charge in [0, 0.05) is 23.2 Å². The van der Waals surface area contributed by atoms with E-state index >= 15 is 0 Å². The second kappa shape index (κ2) is 3.47. The molecule has 5 heteroatoms. The minimum absolute atomic E-state index is 0.130. The number of amides is 1. The zero-order chi connectivity index (χ0) is 9.97. The van der Waals surface area contributed by atoms with Crippen LogP contribution in [-0.2, 0) is 4.79 Å². The van der Waals surface area contributed by atoms with Crippen LogP contribution in [-0.4, -0.2) is 10.9 Å². The number of carbonyl (C=O) groups is 1. The number of hydrogen-bond acceptors (Lipinski definition) is 2. The Morgan fingerprint density at radius 1 is 1.71 bits per heavy atom. The van der Waals surface area contributed by atoms with Crippen LogP contribution in [0.2, 0.25) is 0 Å². The third kappa shape index (κ3) is 1.58. The Balaban J connectivity index is 2.07. The Hall–Kier alpha value is -1.87. The first-order chi connectivity index (χ1) is 6.83. The molecule has 14 heavy (non-hydrogen) atoms. The van der Waals surface area contributed by atoms with Crippen LogP contribution in [0, 0.1) is 5.92 Å². The lowest BCUT2D eigenvalue weighted by atomic mass is 10.1. The summed E-state index contributed by atoms with van der Waals surface area (Å²) in [6.07, 6.45) is 4.20. The summed E-state index contributed by atoms with van der Waals surface area (Å²) < 4.78 is 0. The number of azide groups is 1. The molecule has 0 spiro atoms. The lowest BCUT2D eigenvalue weighted by Gasteiger charge is -1.95. The summed E-state index contributed by atoms with van der Waals surface area (Å²) in [6, 6.07) is 3.77. The van der Waals surface area contributed by atoms with Crippen LogP contribution in [0.3, 0.4) is 0 Å². The standard InChI is InChI=1S/C9H8N4O/c10-13-12-9(14)8-4-7(8)6-2-1-3-11-5-6/h1-3,5,7-8H,4H2/t7-,8+/m0/s1. The van der Waals surface area contributed by atoms with Gasteiger partial charge in [-0.3, -0.25) is 9.78 Å². The van der Waals surface area contributed by atoms with Crippen LogP contribution < -0.4 is 0 Å². The Bertz CT molecular complexity index is 397. The molecule has 1 aliphatic carbocycles. The molecule has 0 aliphatic heterocycles. The first-order valence-electron chi connectivity index (χ1n) is 4.32. The zero-order valence-corrected chi connectivity index (χ0v) is 7.37. The second-order valence-corrected chi connectivity index (χ2v) is 3.26. The lowest BCUT2D eigenvalue weighted by Crippen LogP contribution is -1.96. The average Bonchev–Trinajstić information content (AvgIpc) is 2.99. The van der Waals surface area contributed by atoms with Gasteiger partial charge >= 0.3 is 0 Å². The van der Waals surface area contributed by atoms with E-state index in [1.807, 2.05) is 12.1 Å². The van der Waals surface area contributed by atoms with Gasteiger partial charge < -0.3 is 0 Å². The molecule has 2 atom stereocenters. The van der Waals surface area contributed by atoms with Crippen LogP contribution in [0.5, 0.6) is 0 Å². The first kappa shape index (κ1) is 8.72. The number of carbonyl (C=O) groups excluding carboxylic acids is 1. The van der Waals surface area contributed by atoms with Gasteiger partial charge in [0.05, 0.1) is 0 Å². The third-order valence-electron chi connectivity index (χ3n) is 2.36. The summed E-state index contributed by atoms with van der Waals surface area (Å²) in [5.74, 6) is -0.293. The highest BCUT2D eigenvalue weighted by Crippen LogP contribution is 2.47. The van der Waals surface area contributed by atoms with Crippen molar-refractivity contribution >= 4 is 5.91 Å². The molecule has 2 rings (SSSR count). The fourth-order valence-corrected chi connectivity index (χ4v) is 1.55. The van der Waals surface area contributed by atoms with E-state index in [0.29, 0.717) is 0 Å². The molecule has 0 aromatic carbocycles. The molecule has 1 saturated carbocycles. The summed E-state index contributed by atoms with van der Waals surface area (Å²) in [5, 5.41) is 3.08. The van der Waals surface area contributed by atoms with Crippen molar-refractivity contribution in [1.29, 1.82) is 0 Å². The van der Waals surface area contributed by atoms with E-state index in [1.165, 1.54) is 0 Å². The molecule has 5 nitrogen and oxygen atoms in total. The van der Waals surface area contributed by atoms with E-state index < -0.39 is 0 Å². The highest BCUT2D eigenvalue weighted by molar-refractivity contribution is 5.83. The number of nitrogens with zero attached hydrogens (tertiary/aromatic N) is 4. The van der Waals surface area contributed by atoms with Crippen molar-refractivity contribution in [2.24, 2.45) is 11.0 Å². The van der Waals surface area contributed by atoms with E-state index in [-0.39, 0.29) is 17.7 Å². The summed E-state index contributed by atoms with van der Waals surface area (Å²) in [4.78, 5) is 17.6. The quantitative estimate of drug-likeness (QED) is 0.404. The van der Waals surface area contributed by atoms with Crippen molar-refractivity contribution in [2.45, 2.75) is 12.3 Å². The van der Waals surface area contributed by atoms with Gasteiger partial charge in [-0.05, 0) is 34.6 Å². The van der Waals surface area contributed by atoms with E-state index in [0.717, 1.165) is 12.0 Å². The molecule has 70 valence electrons.